The Hall–Kier alpha value is -2.91. The standard InChI is InChI=1S/C21H30F3N5O2/c1-13(9-17-14(2)28-29(5)15(17)3)27-20(25-4)26-11-16-7-8-18(19(10-16)30-6)31-12-21(22,23)24/h7-8,10,13H,9,11-12H2,1-6H3,(H2,25,26,27). The Labute approximate surface area is 180 Å². The van der Waals surface area contributed by atoms with E-state index in [4.69, 9.17) is 9.47 Å². The summed E-state index contributed by atoms with van der Waals surface area (Å²) in [5, 5.41) is 11.0. The van der Waals surface area contributed by atoms with E-state index in [0.717, 1.165) is 23.4 Å². The summed E-state index contributed by atoms with van der Waals surface area (Å²) in [5.74, 6) is 0.896. The molecule has 0 aliphatic heterocycles. The van der Waals surface area contributed by atoms with Crippen molar-refractivity contribution in [1.29, 1.82) is 0 Å². The van der Waals surface area contributed by atoms with E-state index in [0.29, 0.717) is 12.5 Å². The predicted octanol–water partition coefficient (Wildman–Crippen LogP) is 3.28. The number of aromatic nitrogens is 2. The lowest BCUT2D eigenvalue weighted by Gasteiger charge is -2.19. The zero-order chi connectivity index (χ0) is 23.2. The zero-order valence-electron chi connectivity index (χ0n) is 18.7. The molecule has 0 aliphatic rings. The number of nitrogens with zero attached hydrogens (tertiary/aromatic N) is 3. The summed E-state index contributed by atoms with van der Waals surface area (Å²) in [6.07, 6.45) is -3.61. The number of halogens is 3. The molecular formula is C21H30F3N5O2. The van der Waals surface area contributed by atoms with Crippen LogP contribution in [0.2, 0.25) is 0 Å². The van der Waals surface area contributed by atoms with Crippen LogP contribution < -0.4 is 20.1 Å². The van der Waals surface area contributed by atoms with Gasteiger partial charge in [0.15, 0.2) is 24.1 Å². The molecule has 0 saturated carbocycles. The molecule has 1 heterocycles. The number of benzene rings is 1. The molecule has 10 heteroatoms. The topological polar surface area (TPSA) is 72.7 Å². The summed E-state index contributed by atoms with van der Waals surface area (Å²) in [7, 11) is 4.99. The Morgan fingerprint density at radius 1 is 1.26 bits per heavy atom. The van der Waals surface area contributed by atoms with Gasteiger partial charge in [-0.2, -0.15) is 18.3 Å². The third kappa shape index (κ3) is 7.08. The lowest BCUT2D eigenvalue weighted by Crippen LogP contribution is -2.42. The zero-order valence-corrected chi connectivity index (χ0v) is 18.7. The summed E-state index contributed by atoms with van der Waals surface area (Å²) in [4.78, 5) is 4.24. The third-order valence-corrected chi connectivity index (χ3v) is 4.86. The van der Waals surface area contributed by atoms with Gasteiger partial charge in [0, 0.05) is 32.4 Å². The second kappa shape index (κ2) is 10.4. The van der Waals surface area contributed by atoms with Crippen molar-refractivity contribution >= 4 is 5.96 Å². The Morgan fingerprint density at radius 3 is 2.52 bits per heavy atom. The number of guanidine groups is 1. The minimum absolute atomic E-state index is 0.0434. The Bertz CT molecular complexity index is 909. The molecule has 172 valence electrons. The molecule has 7 nitrogen and oxygen atoms in total. The number of alkyl halides is 3. The maximum atomic E-state index is 12.4. The molecule has 0 saturated heterocycles. The monoisotopic (exact) mass is 441 g/mol. The van der Waals surface area contributed by atoms with Crippen LogP contribution in [0.15, 0.2) is 23.2 Å². The summed E-state index contributed by atoms with van der Waals surface area (Å²) in [6, 6.07) is 4.90. The molecule has 31 heavy (non-hydrogen) atoms. The van der Waals surface area contributed by atoms with Crippen LogP contribution in [0.3, 0.4) is 0 Å². The molecule has 1 unspecified atom stereocenters. The van der Waals surface area contributed by atoms with Gasteiger partial charge in [-0.05, 0) is 50.5 Å². The van der Waals surface area contributed by atoms with Crippen LogP contribution in [0.25, 0.3) is 0 Å². The van der Waals surface area contributed by atoms with Crippen LogP contribution in [0.5, 0.6) is 11.5 Å². The minimum Gasteiger partial charge on any atom is -0.493 e. The van der Waals surface area contributed by atoms with Crippen LogP contribution in [-0.4, -0.2) is 48.7 Å². The van der Waals surface area contributed by atoms with Crippen LogP contribution in [-0.2, 0) is 20.0 Å². The third-order valence-electron chi connectivity index (χ3n) is 4.86. The van der Waals surface area contributed by atoms with E-state index < -0.39 is 12.8 Å². The molecule has 0 amide bonds. The maximum Gasteiger partial charge on any atom is 0.422 e. The number of aliphatic imine (C=N–C) groups is 1. The molecule has 0 fully saturated rings. The molecule has 1 aromatic carbocycles. The Balaban J connectivity index is 1.95. The number of methoxy groups -OCH3 is 1. The van der Waals surface area contributed by atoms with Crippen molar-refractivity contribution in [3.05, 3.63) is 40.7 Å². The molecular weight excluding hydrogens is 411 g/mol. The lowest BCUT2D eigenvalue weighted by molar-refractivity contribution is -0.153. The second-order valence-corrected chi connectivity index (χ2v) is 7.34. The quantitative estimate of drug-likeness (QED) is 0.486. The Morgan fingerprint density at radius 2 is 1.97 bits per heavy atom. The Kier molecular flexibility index (Phi) is 8.18. The van der Waals surface area contributed by atoms with Crippen LogP contribution >= 0.6 is 0 Å². The van der Waals surface area contributed by atoms with Gasteiger partial charge in [0.25, 0.3) is 0 Å². The van der Waals surface area contributed by atoms with Gasteiger partial charge in [-0.3, -0.25) is 9.67 Å². The predicted molar refractivity (Wildman–Crippen MR) is 114 cm³/mol. The van der Waals surface area contributed by atoms with Crippen LogP contribution in [0.4, 0.5) is 13.2 Å². The highest BCUT2D eigenvalue weighted by Crippen LogP contribution is 2.29. The molecule has 0 radical (unpaired) electrons. The molecule has 0 spiro atoms. The number of hydrogen-bond acceptors (Lipinski definition) is 4. The van der Waals surface area contributed by atoms with Crippen molar-refractivity contribution in [1.82, 2.24) is 20.4 Å². The molecule has 1 atom stereocenters. The van der Waals surface area contributed by atoms with E-state index in [2.05, 4.69) is 27.6 Å². The molecule has 1 aromatic heterocycles. The van der Waals surface area contributed by atoms with Crippen molar-refractivity contribution in [2.24, 2.45) is 12.0 Å². The van der Waals surface area contributed by atoms with Gasteiger partial charge in [0.05, 0.1) is 12.8 Å². The smallest absolute Gasteiger partial charge is 0.422 e. The van der Waals surface area contributed by atoms with E-state index in [-0.39, 0.29) is 17.5 Å². The maximum absolute atomic E-state index is 12.4. The highest BCUT2D eigenvalue weighted by Gasteiger charge is 2.29. The van der Waals surface area contributed by atoms with Crippen molar-refractivity contribution in [2.75, 3.05) is 20.8 Å². The normalized spacial score (nSPS) is 13.1. The first kappa shape index (κ1) is 24.4. The highest BCUT2D eigenvalue weighted by atomic mass is 19.4. The average Bonchev–Trinajstić information content (AvgIpc) is 2.95. The van der Waals surface area contributed by atoms with Crippen molar-refractivity contribution in [3.63, 3.8) is 0 Å². The number of rotatable bonds is 8. The fraction of sp³-hybridized carbons (Fsp3) is 0.524. The number of aryl methyl sites for hydroxylation is 2. The number of ether oxygens (including phenoxy) is 2. The fourth-order valence-electron chi connectivity index (χ4n) is 3.18. The molecule has 2 N–H and O–H groups in total. The van der Waals surface area contributed by atoms with Crippen molar-refractivity contribution in [2.45, 2.75) is 46.0 Å². The summed E-state index contributed by atoms with van der Waals surface area (Å²) in [5.41, 5.74) is 4.16. The summed E-state index contributed by atoms with van der Waals surface area (Å²) in [6.45, 7) is 5.15. The van der Waals surface area contributed by atoms with E-state index in [1.165, 1.54) is 18.7 Å². The molecule has 0 bridgehead atoms. The molecule has 2 aromatic rings. The van der Waals surface area contributed by atoms with Gasteiger partial charge in [0.1, 0.15) is 0 Å². The first-order chi connectivity index (χ1) is 14.5. The van der Waals surface area contributed by atoms with Gasteiger partial charge in [-0.1, -0.05) is 6.07 Å². The largest absolute Gasteiger partial charge is 0.493 e. The lowest BCUT2D eigenvalue weighted by atomic mass is 10.1. The summed E-state index contributed by atoms with van der Waals surface area (Å²) < 4.78 is 49.0. The van der Waals surface area contributed by atoms with Crippen LogP contribution in [0.1, 0.15) is 29.4 Å². The number of nitrogens with one attached hydrogen (secondary N) is 2. The molecule has 0 aliphatic carbocycles. The minimum atomic E-state index is -4.41. The van der Waals surface area contributed by atoms with Gasteiger partial charge in [0.2, 0.25) is 0 Å². The summed E-state index contributed by atoms with van der Waals surface area (Å²) >= 11 is 0. The van der Waals surface area contributed by atoms with E-state index >= 15 is 0 Å². The van der Waals surface area contributed by atoms with Gasteiger partial charge < -0.3 is 20.1 Å². The highest BCUT2D eigenvalue weighted by molar-refractivity contribution is 5.80. The average molecular weight is 441 g/mol. The van der Waals surface area contributed by atoms with Gasteiger partial charge in [-0.15, -0.1) is 0 Å². The van der Waals surface area contributed by atoms with Gasteiger partial charge in [-0.25, -0.2) is 0 Å². The molecule has 2 rings (SSSR count). The second-order valence-electron chi connectivity index (χ2n) is 7.34. The first-order valence-corrected chi connectivity index (χ1v) is 9.86. The fourth-order valence-corrected chi connectivity index (χ4v) is 3.18. The van der Waals surface area contributed by atoms with Crippen molar-refractivity contribution < 1.29 is 22.6 Å². The van der Waals surface area contributed by atoms with E-state index in [1.54, 1.807) is 19.2 Å². The number of hydrogen-bond donors (Lipinski definition) is 2. The van der Waals surface area contributed by atoms with Crippen molar-refractivity contribution in [3.8, 4) is 11.5 Å². The SMILES string of the molecule is CN=C(NCc1ccc(OCC(F)(F)F)c(OC)c1)NC(C)Cc1c(C)nn(C)c1C. The van der Waals surface area contributed by atoms with E-state index in [9.17, 15) is 13.2 Å². The van der Waals surface area contributed by atoms with E-state index in [1.807, 2.05) is 25.6 Å². The van der Waals surface area contributed by atoms with Crippen LogP contribution in [0, 0.1) is 13.8 Å². The van der Waals surface area contributed by atoms with Gasteiger partial charge >= 0.3 is 6.18 Å². The first-order valence-electron chi connectivity index (χ1n) is 9.86.